The summed E-state index contributed by atoms with van der Waals surface area (Å²) in [5.41, 5.74) is 1.43. The fourth-order valence-corrected chi connectivity index (χ4v) is 4.95. The molecule has 0 unspecified atom stereocenters. The van der Waals surface area contributed by atoms with Crippen LogP contribution in [0.3, 0.4) is 0 Å². The smallest absolute Gasteiger partial charge is 0.228 e. The highest BCUT2D eigenvalue weighted by Gasteiger charge is 2.37. The molecular formula is C8H15OSi. The zero-order valence-corrected chi connectivity index (χ0v) is 7.54. The third-order valence-corrected chi connectivity index (χ3v) is 6.42. The first kappa shape index (κ1) is 6.86. The van der Waals surface area contributed by atoms with Crippen molar-refractivity contribution in [3.63, 3.8) is 0 Å². The Hall–Kier alpha value is 0.177. The van der Waals surface area contributed by atoms with E-state index in [1.54, 1.807) is 0 Å². The normalized spacial score (nSPS) is 28.2. The molecule has 1 nitrogen and oxygen atoms in total. The molecule has 2 fully saturated rings. The second kappa shape index (κ2) is 2.66. The van der Waals surface area contributed by atoms with Gasteiger partial charge in [-0.1, -0.05) is 38.5 Å². The Balaban J connectivity index is 1.79. The summed E-state index contributed by atoms with van der Waals surface area (Å²) in [7, 11) is -1.47. The lowest BCUT2D eigenvalue weighted by Gasteiger charge is -2.36. The molecule has 0 aromatic heterocycles. The van der Waals surface area contributed by atoms with Crippen molar-refractivity contribution in [3.05, 3.63) is 0 Å². The molecule has 0 atom stereocenters. The summed E-state index contributed by atoms with van der Waals surface area (Å²) in [5, 5.41) is 0. The van der Waals surface area contributed by atoms with Crippen LogP contribution in [0.2, 0.25) is 11.1 Å². The van der Waals surface area contributed by atoms with Crippen molar-refractivity contribution in [1.82, 2.24) is 0 Å². The Morgan fingerprint density at radius 3 is 1.50 bits per heavy atom. The summed E-state index contributed by atoms with van der Waals surface area (Å²) in [6, 6.07) is 0. The average Bonchev–Trinajstić information content (AvgIpc) is 1.52. The number of hydrogen-bond acceptors (Lipinski definition) is 0. The molecular weight excluding hydrogens is 140 g/mol. The highest BCUT2D eigenvalue weighted by atomic mass is 28.3. The van der Waals surface area contributed by atoms with Crippen molar-refractivity contribution in [2.24, 2.45) is 0 Å². The Bertz CT molecular complexity index is 104. The third-order valence-electron chi connectivity index (χ3n) is 3.23. The molecule has 0 heterocycles. The lowest BCUT2D eigenvalue weighted by molar-refractivity contribution is 0.331. The summed E-state index contributed by atoms with van der Waals surface area (Å²) < 4.78 is 0. The molecule has 0 aromatic carbocycles. The van der Waals surface area contributed by atoms with Crippen molar-refractivity contribution >= 4 is 9.04 Å². The van der Waals surface area contributed by atoms with E-state index in [0.29, 0.717) is 11.1 Å². The van der Waals surface area contributed by atoms with Crippen molar-refractivity contribution in [1.29, 1.82) is 0 Å². The van der Waals surface area contributed by atoms with Crippen molar-refractivity contribution in [3.8, 4) is 0 Å². The summed E-state index contributed by atoms with van der Waals surface area (Å²) >= 11 is 0. The number of hydrogen-bond donors (Lipinski definition) is 0. The SMILES string of the molecule is [O][SiH](C1CCC1)C1CCC1. The molecule has 57 valence electrons. The Morgan fingerprint density at radius 1 is 0.900 bits per heavy atom. The van der Waals surface area contributed by atoms with E-state index < -0.39 is 9.04 Å². The molecule has 0 saturated heterocycles. The van der Waals surface area contributed by atoms with Gasteiger partial charge in [0.2, 0.25) is 9.04 Å². The second-order valence-corrected chi connectivity index (χ2v) is 6.66. The largest absolute Gasteiger partial charge is 0.301 e. The first-order valence-corrected chi connectivity index (χ1v) is 6.34. The summed E-state index contributed by atoms with van der Waals surface area (Å²) in [6.45, 7) is 0. The Labute approximate surface area is 64.2 Å². The molecule has 0 amide bonds. The maximum absolute atomic E-state index is 11.6. The zero-order chi connectivity index (χ0) is 6.97. The van der Waals surface area contributed by atoms with Gasteiger partial charge in [-0.2, -0.15) is 0 Å². The van der Waals surface area contributed by atoms with Gasteiger partial charge in [0.15, 0.2) is 0 Å². The van der Waals surface area contributed by atoms with E-state index in [0.717, 1.165) is 0 Å². The van der Waals surface area contributed by atoms with Gasteiger partial charge in [0, 0.05) is 0 Å². The lowest BCUT2D eigenvalue weighted by Crippen LogP contribution is -2.33. The van der Waals surface area contributed by atoms with E-state index in [1.165, 1.54) is 38.5 Å². The summed E-state index contributed by atoms with van der Waals surface area (Å²) in [4.78, 5) is 11.6. The van der Waals surface area contributed by atoms with E-state index in [4.69, 9.17) is 0 Å². The Kier molecular flexibility index (Phi) is 1.83. The van der Waals surface area contributed by atoms with Crippen LogP contribution in [0.25, 0.3) is 0 Å². The average molecular weight is 155 g/mol. The van der Waals surface area contributed by atoms with Crippen LogP contribution in [0.15, 0.2) is 0 Å². The van der Waals surface area contributed by atoms with Crippen LogP contribution < -0.4 is 0 Å². The van der Waals surface area contributed by atoms with Gasteiger partial charge >= 0.3 is 0 Å². The lowest BCUT2D eigenvalue weighted by atomic mass is 9.98. The van der Waals surface area contributed by atoms with Crippen LogP contribution in [0.5, 0.6) is 0 Å². The van der Waals surface area contributed by atoms with Crippen molar-refractivity contribution in [2.75, 3.05) is 0 Å². The monoisotopic (exact) mass is 155 g/mol. The minimum Gasteiger partial charge on any atom is -0.301 e. The van der Waals surface area contributed by atoms with Crippen LogP contribution in [0.1, 0.15) is 38.5 Å². The molecule has 1 radical (unpaired) electrons. The van der Waals surface area contributed by atoms with E-state index in [-0.39, 0.29) is 0 Å². The topological polar surface area (TPSA) is 19.9 Å². The quantitative estimate of drug-likeness (QED) is 0.545. The highest BCUT2D eigenvalue weighted by molar-refractivity contribution is 6.54. The highest BCUT2D eigenvalue weighted by Crippen LogP contribution is 2.45. The van der Waals surface area contributed by atoms with Gasteiger partial charge in [-0.15, -0.1) is 0 Å². The predicted molar refractivity (Wildman–Crippen MR) is 43.0 cm³/mol. The molecule has 10 heavy (non-hydrogen) atoms. The second-order valence-electron chi connectivity index (χ2n) is 3.85. The standard InChI is InChI=1S/C8H15OSi/c9-10(7-3-1-4-7)8-5-2-6-8/h7-8,10H,1-6H2. The van der Waals surface area contributed by atoms with Gasteiger partial charge in [0.05, 0.1) is 0 Å². The van der Waals surface area contributed by atoms with Gasteiger partial charge in [0.1, 0.15) is 0 Å². The minimum absolute atomic E-state index is 0.713. The Morgan fingerprint density at radius 2 is 1.30 bits per heavy atom. The fraction of sp³-hybridized carbons (Fsp3) is 1.00. The number of rotatable bonds is 2. The van der Waals surface area contributed by atoms with Crippen LogP contribution >= 0.6 is 0 Å². The molecule has 0 spiro atoms. The van der Waals surface area contributed by atoms with E-state index >= 15 is 0 Å². The maximum atomic E-state index is 11.6. The molecule has 2 aliphatic carbocycles. The fourth-order valence-electron chi connectivity index (χ4n) is 1.92. The van der Waals surface area contributed by atoms with Crippen LogP contribution in [-0.2, 0) is 4.80 Å². The molecule has 2 aliphatic rings. The van der Waals surface area contributed by atoms with Crippen molar-refractivity contribution < 1.29 is 4.80 Å². The minimum atomic E-state index is -1.47. The molecule has 0 aromatic rings. The molecule has 0 N–H and O–H groups in total. The predicted octanol–water partition coefficient (Wildman–Crippen LogP) is 2.25. The first-order valence-electron chi connectivity index (χ1n) is 4.54. The zero-order valence-electron chi connectivity index (χ0n) is 6.38. The molecule has 0 bridgehead atoms. The van der Waals surface area contributed by atoms with E-state index in [2.05, 4.69) is 0 Å². The molecule has 0 aliphatic heterocycles. The van der Waals surface area contributed by atoms with E-state index in [1.807, 2.05) is 0 Å². The van der Waals surface area contributed by atoms with Gasteiger partial charge in [-0.25, -0.2) is 0 Å². The van der Waals surface area contributed by atoms with E-state index in [9.17, 15) is 4.80 Å². The van der Waals surface area contributed by atoms with Crippen LogP contribution in [0.4, 0.5) is 0 Å². The van der Waals surface area contributed by atoms with Gasteiger partial charge in [-0.05, 0) is 11.1 Å². The van der Waals surface area contributed by atoms with Gasteiger partial charge in [0.25, 0.3) is 0 Å². The molecule has 2 saturated carbocycles. The van der Waals surface area contributed by atoms with Crippen molar-refractivity contribution in [2.45, 2.75) is 49.6 Å². The van der Waals surface area contributed by atoms with Gasteiger partial charge in [-0.3, -0.25) is 0 Å². The summed E-state index contributed by atoms with van der Waals surface area (Å²) in [6.07, 6.45) is 7.85. The van der Waals surface area contributed by atoms with Crippen LogP contribution in [0, 0.1) is 0 Å². The van der Waals surface area contributed by atoms with Crippen LogP contribution in [-0.4, -0.2) is 9.04 Å². The third kappa shape index (κ3) is 1.03. The molecule has 2 heteroatoms. The molecule has 2 rings (SSSR count). The van der Waals surface area contributed by atoms with Gasteiger partial charge < -0.3 is 4.80 Å². The maximum Gasteiger partial charge on any atom is 0.228 e. The first-order chi connectivity index (χ1) is 4.88. The summed E-state index contributed by atoms with van der Waals surface area (Å²) in [5.74, 6) is 0.